The molecule has 7 nitrogen and oxygen atoms in total. The molecule has 0 aliphatic carbocycles. The number of pyridine rings is 1. The zero-order valence-electron chi connectivity index (χ0n) is 14.1. The molecule has 12 heteroatoms. The van der Waals surface area contributed by atoms with Crippen molar-refractivity contribution in [1.29, 1.82) is 5.26 Å². The normalized spacial score (nSPS) is 22.5. The van der Waals surface area contributed by atoms with E-state index in [9.17, 15) is 27.5 Å². The largest absolute Gasteiger partial charge is 0.407 e. The van der Waals surface area contributed by atoms with Crippen LogP contribution in [0, 0.1) is 11.3 Å². The van der Waals surface area contributed by atoms with Gasteiger partial charge in [-0.1, -0.05) is 11.6 Å². The van der Waals surface area contributed by atoms with Crippen LogP contribution in [0.15, 0.2) is 12.4 Å². The molecule has 148 valence electrons. The van der Waals surface area contributed by atoms with Crippen molar-refractivity contribution in [3.63, 3.8) is 0 Å². The van der Waals surface area contributed by atoms with Gasteiger partial charge in [0.25, 0.3) is 0 Å². The molecular formula is C15H17ClF3N5O2S. The molecule has 0 bridgehead atoms. The summed E-state index contributed by atoms with van der Waals surface area (Å²) < 4.78 is 61.4. The van der Waals surface area contributed by atoms with Gasteiger partial charge in [-0.25, -0.2) is 4.98 Å². The molecule has 0 spiro atoms. The maximum atomic E-state index is 13.3. The van der Waals surface area contributed by atoms with Crippen molar-refractivity contribution >= 4 is 33.5 Å². The molecule has 3 rings (SSSR count). The summed E-state index contributed by atoms with van der Waals surface area (Å²) in [6.07, 6.45) is -3.49. The topological polar surface area (TPSA) is 111 Å². The average molecular weight is 424 g/mol. The number of alkyl halides is 3. The highest BCUT2D eigenvalue weighted by Crippen LogP contribution is 2.48. The molecule has 0 saturated carbocycles. The van der Waals surface area contributed by atoms with Crippen molar-refractivity contribution in [3.05, 3.63) is 28.7 Å². The molecule has 0 aromatic carbocycles. The lowest BCUT2D eigenvalue weighted by atomic mass is 10.1. The Hall–Kier alpha value is -1.71. The van der Waals surface area contributed by atoms with Gasteiger partial charge in [0.05, 0.1) is 16.0 Å². The number of nitrogens with two attached hydrogens (primary N) is 1. The molecule has 1 aliphatic heterocycles. The Morgan fingerprint density at radius 2 is 2.15 bits per heavy atom. The summed E-state index contributed by atoms with van der Waals surface area (Å²) in [5.41, 5.74) is 5.35. The van der Waals surface area contributed by atoms with Crippen LogP contribution in [-0.2, 0) is 0 Å². The third-order valence-corrected chi connectivity index (χ3v) is 7.15. The quantitative estimate of drug-likeness (QED) is 0.682. The van der Waals surface area contributed by atoms with E-state index in [2.05, 4.69) is 4.98 Å². The minimum Gasteiger partial charge on any atom is -0.354 e. The van der Waals surface area contributed by atoms with E-state index in [0.29, 0.717) is 0 Å². The molecule has 1 saturated heterocycles. The first kappa shape index (κ1) is 20.0. The van der Waals surface area contributed by atoms with Crippen molar-refractivity contribution in [2.75, 3.05) is 23.7 Å². The number of fused-ring (bicyclic) bond motifs is 1. The summed E-state index contributed by atoms with van der Waals surface area (Å²) >= 11 is 6.14. The van der Waals surface area contributed by atoms with Crippen LogP contribution in [0.5, 0.6) is 0 Å². The first-order valence-corrected chi connectivity index (χ1v) is 10.0. The molecule has 0 amide bonds. The van der Waals surface area contributed by atoms with E-state index in [1.54, 1.807) is 11.8 Å². The van der Waals surface area contributed by atoms with Crippen LogP contribution < -0.4 is 10.6 Å². The number of hydrogen-bond acceptors (Lipinski definition) is 6. The number of aromatic nitrogens is 2. The van der Waals surface area contributed by atoms with Gasteiger partial charge in [0, 0.05) is 18.7 Å². The average Bonchev–Trinajstić information content (AvgIpc) is 3.00. The lowest BCUT2D eigenvalue weighted by molar-refractivity contribution is -0.149. The number of nitrogens with zero attached hydrogens (tertiary/aromatic N) is 4. The maximum absolute atomic E-state index is 13.3. The number of rotatable bonds is 2. The predicted octanol–water partition coefficient (Wildman–Crippen LogP) is 3.38. The van der Waals surface area contributed by atoms with Gasteiger partial charge in [-0.05, 0) is 13.0 Å². The van der Waals surface area contributed by atoms with Crippen molar-refractivity contribution < 1.29 is 22.3 Å². The molecule has 4 N–H and O–H groups in total. The van der Waals surface area contributed by atoms with Crippen LogP contribution in [0.4, 0.5) is 19.0 Å². The smallest absolute Gasteiger partial charge is 0.354 e. The Morgan fingerprint density at radius 3 is 2.70 bits per heavy atom. The van der Waals surface area contributed by atoms with Gasteiger partial charge in [0.2, 0.25) is 0 Å². The number of imidazole rings is 1. The summed E-state index contributed by atoms with van der Waals surface area (Å²) in [4.78, 5) is 5.51. The first-order chi connectivity index (χ1) is 12.5. The number of anilines is 1. The molecule has 1 fully saturated rings. The summed E-state index contributed by atoms with van der Waals surface area (Å²) in [5.74, 6) is 0.105. The number of nitriles is 1. The Balaban J connectivity index is 2.24. The zero-order valence-corrected chi connectivity index (χ0v) is 15.7. The van der Waals surface area contributed by atoms with Crippen LogP contribution in [0.2, 0.25) is 5.02 Å². The molecule has 2 aromatic rings. The van der Waals surface area contributed by atoms with Gasteiger partial charge >= 0.3 is 6.18 Å². The Kier molecular flexibility index (Phi) is 4.98. The van der Waals surface area contributed by atoms with Gasteiger partial charge in [-0.3, -0.25) is 13.5 Å². The molecule has 27 heavy (non-hydrogen) atoms. The van der Waals surface area contributed by atoms with Gasteiger partial charge in [0.1, 0.15) is 29.8 Å². The third-order valence-electron chi connectivity index (χ3n) is 4.64. The van der Waals surface area contributed by atoms with Crippen LogP contribution in [0.1, 0.15) is 24.2 Å². The summed E-state index contributed by atoms with van der Waals surface area (Å²) in [5, 5.41) is 8.58. The van der Waals surface area contributed by atoms with Crippen LogP contribution in [-0.4, -0.2) is 48.8 Å². The predicted molar refractivity (Wildman–Crippen MR) is 97.3 cm³/mol. The minimum atomic E-state index is -4.71. The van der Waals surface area contributed by atoms with Gasteiger partial charge in [-0.2, -0.15) is 29.0 Å². The molecule has 2 atom stereocenters. The Morgan fingerprint density at radius 1 is 1.48 bits per heavy atom. The Bertz CT molecular complexity index is 927. The maximum Gasteiger partial charge on any atom is 0.407 e. The highest BCUT2D eigenvalue weighted by atomic mass is 35.5. The summed E-state index contributed by atoms with van der Waals surface area (Å²) in [6.45, 7) is 1.84. The van der Waals surface area contributed by atoms with Crippen LogP contribution >= 0.6 is 22.2 Å². The Labute approximate surface area is 159 Å². The first-order valence-electron chi connectivity index (χ1n) is 7.89. The van der Waals surface area contributed by atoms with E-state index in [1.807, 2.05) is 6.07 Å². The van der Waals surface area contributed by atoms with E-state index < -0.39 is 28.1 Å². The summed E-state index contributed by atoms with van der Waals surface area (Å²) in [7, 11) is -2.82. The van der Waals surface area contributed by atoms with Gasteiger partial charge in [-0.15, -0.1) is 0 Å². The fourth-order valence-electron chi connectivity index (χ4n) is 3.13. The second kappa shape index (κ2) is 6.72. The molecule has 3 heterocycles. The van der Waals surface area contributed by atoms with Crippen molar-refractivity contribution in [2.24, 2.45) is 5.73 Å². The lowest BCUT2D eigenvalue weighted by Crippen LogP contribution is -2.45. The number of hydrogen-bond donors (Lipinski definition) is 3. The second-order valence-electron chi connectivity index (χ2n) is 6.39. The molecule has 0 radical (unpaired) electrons. The van der Waals surface area contributed by atoms with Crippen LogP contribution in [0.25, 0.3) is 5.52 Å². The van der Waals surface area contributed by atoms with E-state index in [-0.39, 0.29) is 46.5 Å². The van der Waals surface area contributed by atoms with Crippen molar-refractivity contribution in [1.82, 2.24) is 9.38 Å². The van der Waals surface area contributed by atoms with E-state index >= 15 is 0 Å². The van der Waals surface area contributed by atoms with E-state index in [1.165, 1.54) is 10.7 Å². The van der Waals surface area contributed by atoms with Gasteiger partial charge in [0.15, 0.2) is 5.69 Å². The van der Waals surface area contributed by atoms with Gasteiger partial charge < -0.3 is 10.6 Å². The fraction of sp³-hybridized carbons (Fsp3) is 0.467. The van der Waals surface area contributed by atoms with E-state index in [4.69, 9.17) is 17.3 Å². The van der Waals surface area contributed by atoms with Crippen LogP contribution in [0.3, 0.4) is 0 Å². The summed E-state index contributed by atoms with van der Waals surface area (Å²) in [6, 6.07) is 0.653. The minimum absolute atomic E-state index is 0.0127. The van der Waals surface area contributed by atoms with Crippen molar-refractivity contribution in [2.45, 2.75) is 24.4 Å². The third kappa shape index (κ3) is 3.43. The SMILES string of the molecule is CC1CN(c2c(C(N)C(F)(F)F)cc(Cl)c3c(C#N)ncn23)CCS1(O)O. The molecule has 1 aliphatic rings. The zero-order chi connectivity index (χ0) is 20.1. The highest BCUT2D eigenvalue weighted by Gasteiger charge is 2.42. The highest BCUT2D eigenvalue weighted by molar-refractivity contribution is 8.24. The molecule has 2 aromatic heterocycles. The number of halogens is 4. The molecular weight excluding hydrogens is 407 g/mol. The van der Waals surface area contributed by atoms with Crippen molar-refractivity contribution in [3.8, 4) is 6.07 Å². The fourth-order valence-corrected chi connectivity index (χ4v) is 4.74. The lowest BCUT2D eigenvalue weighted by Gasteiger charge is -2.47. The molecule has 2 unspecified atom stereocenters. The monoisotopic (exact) mass is 423 g/mol. The standard InChI is InChI=1S/C15H17ClF3N5O2S/c1-8-6-23(2-3-27(8,25)26)14-9(13(21)15(17,18)19)4-10(16)12-11(5-20)22-7-24(12)14/h4,7-8,13,25-26H,2-3,6,21H2,1H3. The van der Waals surface area contributed by atoms with E-state index in [0.717, 1.165) is 6.07 Å². The second-order valence-corrected chi connectivity index (χ2v) is 9.45.